The van der Waals surface area contributed by atoms with Gasteiger partial charge in [0.1, 0.15) is 0 Å². The molecule has 0 aliphatic rings. The molecule has 22 heavy (non-hydrogen) atoms. The second-order valence-corrected chi connectivity index (χ2v) is 7.72. The maximum atomic E-state index is 2.31. The van der Waals surface area contributed by atoms with E-state index in [2.05, 4.69) is 76.2 Å². The van der Waals surface area contributed by atoms with Crippen LogP contribution in [0.15, 0.2) is 48.5 Å². The molecule has 118 valence electrons. The molecule has 2 aromatic carbocycles. The van der Waals surface area contributed by atoms with Gasteiger partial charge in [0.15, 0.2) is 0 Å². The third-order valence-electron chi connectivity index (χ3n) is 4.24. The molecule has 2 rings (SSSR count). The van der Waals surface area contributed by atoms with Crippen LogP contribution in [-0.4, -0.2) is 0 Å². The Hall–Kier alpha value is -1.56. The van der Waals surface area contributed by atoms with Gasteiger partial charge in [-0.05, 0) is 61.1 Å². The zero-order valence-electron chi connectivity index (χ0n) is 14.7. The predicted octanol–water partition coefficient (Wildman–Crippen LogP) is 6.15. The van der Waals surface area contributed by atoms with E-state index in [-0.39, 0.29) is 0 Å². The molecule has 0 fully saturated rings. The lowest BCUT2D eigenvalue weighted by Gasteiger charge is -2.17. The van der Waals surface area contributed by atoms with Crippen molar-refractivity contribution < 1.29 is 0 Å². The van der Waals surface area contributed by atoms with E-state index in [1.807, 2.05) is 0 Å². The van der Waals surface area contributed by atoms with Crippen molar-refractivity contribution in [1.82, 2.24) is 0 Å². The average molecular weight is 294 g/mol. The summed E-state index contributed by atoms with van der Waals surface area (Å²) in [5.41, 5.74) is 6.15. The lowest BCUT2D eigenvalue weighted by Crippen LogP contribution is -2.06. The van der Waals surface area contributed by atoms with Crippen LogP contribution in [0.25, 0.3) is 0 Å². The SMILES string of the molecule is Cc1ccc(CCCc2ccc(CCC(C)(C)C)cc2)cc1. The molecule has 0 aliphatic heterocycles. The van der Waals surface area contributed by atoms with E-state index in [9.17, 15) is 0 Å². The summed E-state index contributed by atoms with van der Waals surface area (Å²) in [6.45, 7) is 9.08. The molecular formula is C22H30. The van der Waals surface area contributed by atoms with Gasteiger partial charge >= 0.3 is 0 Å². The fraction of sp³-hybridized carbons (Fsp3) is 0.455. The van der Waals surface area contributed by atoms with Crippen molar-refractivity contribution >= 4 is 0 Å². The first-order valence-corrected chi connectivity index (χ1v) is 8.56. The Labute approximate surface area is 136 Å². The highest BCUT2D eigenvalue weighted by Gasteiger charge is 2.09. The zero-order chi connectivity index (χ0) is 16.0. The van der Waals surface area contributed by atoms with Crippen molar-refractivity contribution in [3.8, 4) is 0 Å². The van der Waals surface area contributed by atoms with E-state index < -0.39 is 0 Å². The molecule has 2 aromatic rings. The van der Waals surface area contributed by atoms with E-state index in [1.54, 1.807) is 0 Å². The van der Waals surface area contributed by atoms with Gasteiger partial charge in [0.25, 0.3) is 0 Å². The molecule has 0 spiro atoms. The number of rotatable bonds is 6. The highest BCUT2D eigenvalue weighted by Crippen LogP contribution is 2.21. The fourth-order valence-electron chi connectivity index (χ4n) is 2.64. The second-order valence-electron chi connectivity index (χ2n) is 7.72. The molecule has 0 saturated heterocycles. The first-order valence-electron chi connectivity index (χ1n) is 8.56. The highest BCUT2D eigenvalue weighted by atomic mass is 14.1. The van der Waals surface area contributed by atoms with Gasteiger partial charge in [-0.1, -0.05) is 74.9 Å². The number of hydrogen-bond acceptors (Lipinski definition) is 0. The first kappa shape index (κ1) is 16.8. The van der Waals surface area contributed by atoms with Gasteiger partial charge < -0.3 is 0 Å². The standard InChI is InChI=1S/C22H30/c1-18-8-10-19(11-9-18)6-5-7-20-12-14-21(15-13-20)16-17-22(2,3)4/h8-15H,5-7,16-17H2,1-4H3. The van der Waals surface area contributed by atoms with E-state index in [4.69, 9.17) is 0 Å². The van der Waals surface area contributed by atoms with Crippen LogP contribution in [0.4, 0.5) is 0 Å². The minimum Gasteiger partial charge on any atom is -0.0602 e. The van der Waals surface area contributed by atoms with Crippen molar-refractivity contribution in [1.29, 1.82) is 0 Å². The molecule has 0 N–H and O–H groups in total. The normalized spacial score (nSPS) is 11.6. The lowest BCUT2D eigenvalue weighted by atomic mass is 9.88. The molecule has 0 saturated carbocycles. The van der Waals surface area contributed by atoms with Gasteiger partial charge in [-0.15, -0.1) is 0 Å². The largest absolute Gasteiger partial charge is 0.0602 e. The van der Waals surface area contributed by atoms with Crippen LogP contribution < -0.4 is 0 Å². The first-order chi connectivity index (χ1) is 10.4. The van der Waals surface area contributed by atoms with Crippen molar-refractivity contribution in [3.05, 3.63) is 70.8 Å². The van der Waals surface area contributed by atoms with Crippen molar-refractivity contribution in [2.45, 2.75) is 59.8 Å². The molecule has 0 amide bonds. The molecule has 0 aromatic heterocycles. The topological polar surface area (TPSA) is 0 Å². The highest BCUT2D eigenvalue weighted by molar-refractivity contribution is 5.24. The third kappa shape index (κ3) is 6.05. The van der Waals surface area contributed by atoms with Crippen LogP contribution in [0.2, 0.25) is 0 Å². The quantitative estimate of drug-likeness (QED) is 0.599. The van der Waals surface area contributed by atoms with Crippen LogP contribution in [0, 0.1) is 12.3 Å². The average Bonchev–Trinajstić information content (AvgIpc) is 2.48. The molecular weight excluding hydrogens is 264 g/mol. The zero-order valence-corrected chi connectivity index (χ0v) is 14.7. The van der Waals surface area contributed by atoms with Crippen LogP contribution in [0.3, 0.4) is 0 Å². The summed E-state index contributed by atoms with van der Waals surface area (Å²) in [5, 5.41) is 0. The van der Waals surface area contributed by atoms with Crippen molar-refractivity contribution in [3.63, 3.8) is 0 Å². The monoisotopic (exact) mass is 294 g/mol. The predicted molar refractivity (Wildman–Crippen MR) is 97.4 cm³/mol. The van der Waals surface area contributed by atoms with Gasteiger partial charge in [-0.2, -0.15) is 0 Å². The summed E-state index contributed by atoms with van der Waals surface area (Å²) in [6.07, 6.45) is 6.01. The van der Waals surface area contributed by atoms with Crippen molar-refractivity contribution in [2.24, 2.45) is 5.41 Å². The van der Waals surface area contributed by atoms with Crippen molar-refractivity contribution in [2.75, 3.05) is 0 Å². The maximum absolute atomic E-state index is 2.31. The minimum atomic E-state index is 0.423. The van der Waals surface area contributed by atoms with Gasteiger partial charge in [-0.3, -0.25) is 0 Å². The van der Waals surface area contributed by atoms with Crippen LogP contribution in [0.1, 0.15) is 55.9 Å². The Bertz CT molecular complexity index is 552. The molecule has 0 bridgehead atoms. The van der Waals surface area contributed by atoms with E-state index in [1.165, 1.54) is 54.4 Å². The van der Waals surface area contributed by atoms with E-state index in [0.717, 1.165) is 0 Å². The van der Waals surface area contributed by atoms with Gasteiger partial charge in [-0.25, -0.2) is 0 Å². The fourth-order valence-corrected chi connectivity index (χ4v) is 2.64. The summed E-state index contributed by atoms with van der Waals surface area (Å²) in [4.78, 5) is 0. The van der Waals surface area contributed by atoms with Crippen LogP contribution >= 0.6 is 0 Å². The third-order valence-corrected chi connectivity index (χ3v) is 4.24. The molecule has 0 radical (unpaired) electrons. The molecule has 0 heteroatoms. The van der Waals surface area contributed by atoms with Crippen LogP contribution in [0.5, 0.6) is 0 Å². The molecule has 0 heterocycles. The molecule has 0 aliphatic carbocycles. The summed E-state index contributed by atoms with van der Waals surface area (Å²) in [5.74, 6) is 0. The second kappa shape index (κ2) is 7.63. The number of hydrogen-bond donors (Lipinski definition) is 0. The van der Waals surface area contributed by atoms with Gasteiger partial charge in [0, 0.05) is 0 Å². The Morgan fingerprint density at radius 3 is 1.50 bits per heavy atom. The Balaban J connectivity index is 1.77. The Kier molecular flexibility index (Phi) is 5.83. The minimum absolute atomic E-state index is 0.423. The lowest BCUT2D eigenvalue weighted by molar-refractivity contribution is 0.378. The van der Waals surface area contributed by atoms with E-state index >= 15 is 0 Å². The Morgan fingerprint density at radius 1 is 0.636 bits per heavy atom. The van der Waals surface area contributed by atoms with Gasteiger partial charge in [0.2, 0.25) is 0 Å². The smallest absolute Gasteiger partial charge is 0.0274 e. The number of aryl methyl sites for hydroxylation is 4. The van der Waals surface area contributed by atoms with E-state index in [0.29, 0.717) is 5.41 Å². The van der Waals surface area contributed by atoms with Crippen LogP contribution in [-0.2, 0) is 19.3 Å². The molecule has 0 nitrogen and oxygen atoms in total. The Morgan fingerprint density at radius 2 is 1.05 bits per heavy atom. The molecule has 0 unspecified atom stereocenters. The summed E-state index contributed by atoms with van der Waals surface area (Å²) in [6, 6.07) is 18.2. The summed E-state index contributed by atoms with van der Waals surface area (Å²) >= 11 is 0. The number of benzene rings is 2. The van der Waals surface area contributed by atoms with Gasteiger partial charge in [0.05, 0.1) is 0 Å². The molecule has 0 atom stereocenters. The maximum Gasteiger partial charge on any atom is -0.0274 e. The summed E-state index contributed by atoms with van der Waals surface area (Å²) < 4.78 is 0. The summed E-state index contributed by atoms with van der Waals surface area (Å²) in [7, 11) is 0.